The summed E-state index contributed by atoms with van der Waals surface area (Å²) in [6, 6.07) is 28.8. The molecule has 0 spiro atoms. The van der Waals surface area contributed by atoms with Crippen molar-refractivity contribution in [3.8, 4) is 0 Å². The molecular weight excluding hydrogens is 462 g/mol. The van der Waals surface area contributed by atoms with Gasteiger partial charge in [-0.1, -0.05) is 66.7 Å². The lowest BCUT2D eigenvalue weighted by molar-refractivity contribution is -0.0635. The minimum absolute atomic E-state index is 0.0479. The van der Waals surface area contributed by atoms with E-state index in [1.165, 1.54) is 24.8 Å². The van der Waals surface area contributed by atoms with Gasteiger partial charge in [0.2, 0.25) is 0 Å². The number of rotatable bonds is 6. The van der Waals surface area contributed by atoms with Gasteiger partial charge in [-0.3, -0.25) is 4.90 Å². The number of nitrogens with zero attached hydrogens (tertiary/aromatic N) is 1. The Balaban J connectivity index is 1.26. The van der Waals surface area contributed by atoms with Crippen LogP contribution in [0.25, 0.3) is 0 Å². The monoisotopic (exact) mass is 493 g/mol. The highest BCUT2D eigenvalue weighted by molar-refractivity contribution is 5.90. The molecule has 2 aliphatic heterocycles. The zero-order chi connectivity index (χ0) is 24.9. The summed E-state index contributed by atoms with van der Waals surface area (Å²) in [6.45, 7) is 0.765. The molecule has 0 radical (unpaired) electrons. The Labute approximate surface area is 217 Å². The van der Waals surface area contributed by atoms with Gasteiger partial charge >= 0.3 is 11.9 Å². The van der Waals surface area contributed by atoms with Crippen molar-refractivity contribution in [3.05, 3.63) is 108 Å². The fourth-order valence-electron chi connectivity index (χ4n) is 8.05. The maximum Gasteiger partial charge on any atom is 0.338 e. The molecule has 2 heterocycles. The topological polar surface area (TPSA) is 55.8 Å². The number of ether oxygens (including phenoxy) is 2. The van der Waals surface area contributed by atoms with E-state index in [-0.39, 0.29) is 24.0 Å². The first kappa shape index (κ1) is 22.7. The summed E-state index contributed by atoms with van der Waals surface area (Å²) in [4.78, 5) is 29.1. The molecule has 4 aliphatic rings. The van der Waals surface area contributed by atoms with Crippen molar-refractivity contribution < 1.29 is 19.1 Å². The quantitative estimate of drug-likeness (QED) is 0.433. The van der Waals surface area contributed by atoms with Gasteiger partial charge in [-0.05, 0) is 72.8 Å². The molecule has 37 heavy (non-hydrogen) atoms. The number of carbonyl (C=O) groups excluding carboxylic acids is 2. The van der Waals surface area contributed by atoms with E-state index in [0.29, 0.717) is 34.8 Å². The number of hydrogen-bond donors (Lipinski definition) is 0. The highest BCUT2D eigenvalue weighted by Gasteiger charge is 2.71. The molecule has 2 aliphatic carbocycles. The molecule has 0 N–H and O–H groups in total. The summed E-state index contributed by atoms with van der Waals surface area (Å²) < 4.78 is 12.6. The normalized spacial score (nSPS) is 33.3. The predicted molar refractivity (Wildman–Crippen MR) is 139 cm³/mol. The third-order valence-electron chi connectivity index (χ3n) is 9.31. The summed E-state index contributed by atoms with van der Waals surface area (Å²) in [5.41, 5.74) is 2.28. The highest BCUT2D eigenvalue weighted by atomic mass is 16.6. The van der Waals surface area contributed by atoms with Gasteiger partial charge < -0.3 is 9.47 Å². The number of carbonyl (C=O) groups is 2. The van der Waals surface area contributed by atoms with Gasteiger partial charge in [-0.25, -0.2) is 9.59 Å². The second-order valence-corrected chi connectivity index (χ2v) is 11.1. The molecule has 0 amide bonds. The second-order valence-electron chi connectivity index (χ2n) is 11.1. The van der Waals surface area contributed by atoms with Gasteiger partial charge in [0, 0.05) is 6.54 Å². The Morgan fingerprint density at radius 1 is 0.649 bits per heavy atom. The van der Waals surface area contributed by atoms with Crippen LogP contribution in [-0.2, 0) is 16.0 Å². The van der Waals surface area contributed by atoms with Crippen LogP contribution in [0.5, 0.6) is 0 Å². The summed E-state index contributed by atoms with van der Waals surface area (Å²) in [5, 5.41) is 0. The zero-order valence-electron chi connectivity index (χ0n) is 20.7. The fourth-order valence-corrected chi connectivity index (χ4v) is 8.05. The van der Waals surface area contributed by atoms with E-state index in [0.717, 1.165) is 6.54 Å². The summed E-state index contributed by atoms with van der Waals surface area (Å²) in [5.74, 6) is 1.58. The van der Waals surface area contributed by atoms with E-state index < -0.39 is 12.2 Å². The van der Waals surface area contributed by atoms with Crippen LogP contribution in [0.15, 0.2) is 91.0 Å². The molecular formula is C32H31NO4. The molecule has 8 atom stereocenters. The van der Waals surface area contributed by atoms with Crippen molar-refractivity contribution in [1.82, 2.24) is 4.90 Å². The van der Waals surface area contributed by atoms with Crippen molar-refractivity contribution in [3.63, 3.8) is 0 Å². The lowest BCUT2D eigenvalue weighted by Gasteiger charge is -2.40. The molecule has 3 aromatic rings. The average molecular weight is 494 g/mol. The van der Waals surface area contributed by atoms with Gasteiger partial charge in [0.25, 0.3) is 0 Å². The lowest BCUT2D eigenvalue weighted by atomic mass is 9.69. The van der Waals surface area contributed by atoms with Crippen molar-refractivity contribution in [2.24, 2.45) is 23.7 Å². The first-order valence-electron chi connectivity index (χ1n) is 13.5. The molecule has 7 rings (SSSR count). The molecule has 188 valence electrons. The van der Waals surface area contributed by atoms with Crippen LogP contribution in [0, 0.1) is 23.7 Å². The van der Waals surface area contributed by atoms with Gasteiger partial charge in [0.1, 0.15) is 0 Å². The molecule has 4 fully saturated rings. The number of hydrogen-bond acceptors (Lipinski definition) is 5. The van der Waals surface area contributed by atoms with E-state index in [4.69, 9.17) is 9.47 Å². The van der Waals surface area contributed by atoms with E-state index in [1.54, 1.807) is 24.3 Å². The van der Waals surface area contributed by atoms with Crippen LogP contribution in [0.1, 0.15) is 45.5 Å². The maximum absolute atomic E-state index is 13.3. The number of fused-ring (bicyclic) bond motifs is 9. The van der Waals surface area contributed by atoms with Gasteiger partial charge in [0.15, 0.2) is 12.2 Å². The van der Waals surface area contributed by atoms with Crippen LogP contribution in [0.3, 0.4) is 0 Å². The fraction of sp³-hybridized carbons (Fsp3) is 0.375. The largest absolute Gasteiger partial charge is 0.453 e. The molecule has 0 aromatic heterocycles. The number of esters is 2. The summed E-state index contributed by atoms with van der Waals surface area (Å²) in [6.07, 6.45) is 2.77. The van der Waals surface area contributed by atoms with Crippen molar-refractivity contribution >= 4 is 11.9 Å². The number of benzene rings is 3. The van der Waals surface area contributed by atoms with Crippen LogP contribution < -0.4 is 0 Å². The molecule has 2 saturated heterocycles. The zero-order valence-corrected chi connectivity index (χ0v) is 20.7. The lowest BCUT2D eigenvalue weighted by Crippen LogP contribution is -2.52. The first-order chi connectivity index (χ1) is 18.2. The molecule has 2 saturated carbocycles. The molecule has 4 bridgehead atoms. The molecule has 5 nitrogen and oxygen atoms in total. The Hall–Kier alpha value is -3.44. The Kier molecular flexibility index (Phi) is 5.62. The van der Waals surface area contributed by atoms with E-state index in [2.05, 4.69) is 29.2 Å². The summed E-state index contributed by atoms with van der Waals surface area (Å²) in [7, 11) is 0. The minimum Gasteiger partial charge on any atom is -0.453 e. The minimum atomic E-state index is -0.491. The van der Waals surface area contributed by atoms with E-state index >= 15 is 0 Å². The highest BCUT2D eigenvalue weighted by Crippen LogP contribution is 2.64. The van der Waals surface area contributed by atoms with E-state index in [9.17, 15) is 9.59 Å². The van der Waals surface area contributed by atoms with Crippen LogP contribution in [0.4, 0.5) is 0 Å². The molecule has 5 heteroatoms. The third kappa shape index (κ3) is 3.79. The van der Waals surface area contributed by atoms with Gasteiger partial charge in [-0.2, -0.15) is 0 Å². The molecule has 3 aromatic carbocycles. The smallest absolute Gasteiger partial charge is 0.338 e. The summed E-state index contributed by atoms with van der Waals surface area (Å²) >= 11 is 0. The average Bonchev–Trinajstić information content (AvgIpc) is 3.70. The van der Waals surface area contributed by atoms with Crippen molar-refractivity contribution in [2.45, 2.75) is 50.1 Å². The van der Waals surface area contributed by atoms with E-state index in [1.807, 2.05) is 42.5 Å². The first-order valence-corrected chi connectivity index (χ1v) is 13.5. The predicted octanol–water partition coefficient (Wildman–Crippen LogP) is 5.37. The van der Waals surface area contributed by atoms with Crippen LogP contribution >= 0.6 is 0 Å². The van der Waals surface area contributed by atoms with Crippen molar-refractivity contribution in [1.29, 1.82) is 0 Å². The van der Waals surface area contributed by atoms with Gasteiger partial charge in [0.05, 0.1) is 23.2 Å². The molecule has 8 unspecified atom stereocenters. The standard InChI is InChI=1S/C32H31NO4/c34-31(21-12-6-2-7-13-21)36-29-27-25-23-16-17-24(18-23)26(25)28(33(27)19-20-10-4-1-5-11-20)30(29)37-32(35)22-14-8-3-9-15-22/h1-15,23-30H,16-19H2. The van der Waals surface area contributed by atoms with Crippen molar-refractivity contribution in [2.75, 3.05) is 0 Å². The maximum atomic E-state index is 13.3. The van der Waals surface area contributed by atoms with Crippen LogP contribution in [0.2, 0.25) is 0 Å². The van der Waals surface area contributed by atoms with Crippen LogP contribution in [-0.4, -0.2) is 41.1 Å². The third-order valence-corrected chi connectivity index (χ3v) is 9.31. The Morgan fingerprint density at radius 2 is 1.08 bits per heavy atom. The Bertz CT molecular complexity index is 1200. The second kappa shape index (κ2) is 9.14. The van der Waals surface area contributed by atoms with Gasteiger partial charge in [-0.15, -0.1) is 0 Å². The Morgan fingerprint density at radius 3 is 1.54 bits per heavy atom. The SMILES string of the molecule is O=C(OC1C(OC(=O)c2ccccc2)C2C3C4CCC(C4)C3C1N2Cc1ccccc1)c1ccccc1.